The van der Waals surface area contributed by atoms with Gasteiger partial charge in [0.25, 0.3) is 0 Å². The summed E-state index contributed by atoms with van der Waals surface area (Å²) in [7, 11) is 0. The Bertz CT molecular complexity index is 520. The van der Waals surface area contributed by atoms with Gasteiger partial charge in [-0.1, -0.05) is 23.7 Å². The molecule has 0 radical (unpaired) electrons. The fraction of sp³-hybridized carbons (Fsp3) is 0.143. The lowest BCUT2D eigenvalue weighted by atomic mass is 10.2. The zero-order chi connectivity index (χ0) is 13.1. The van der Waals surface area contributed by atoms with E-state index in [1.807, 2.05) is 31.2 Å². The van der Waals surface area contributed by atoms with Crippen LogP contribution in [0.2, 0.25) is 5.02 Å². The largest absolute Gasteiger partial charge is 0.488 e. The second-order valence-corrected chi connectivity index (χ2v) is 5.36. The van der Waals surface area contributed by atoms with Crippen LogP contribution in [-0.4, -0.2) is 0 Å². The Hall–Kier alpha value is -1.19. The van der Waals surface area contributed by atoms with Crippen molar-refractivity contribution < 1.29 is 4.74 Å². The predicted molar refractivity (Wildman–Crippen MR) is 79.1 cm³/mol. The first kappa shape index (κ1) is 13.2. The molecule has 0 atom stereocenters. The van der Waals surface area contributed by atoms with Crippen molar-refractivity contribution in [3.05, 3.63) is 57.0 Å². The smallest absolute Gasteiger partial charge is 0.134 e. The molecule has 0 unspecified atom stereocenters. The van der Waals surface area contributed by atoms with E-state index in [1.165, 1.54) is 5.56 Å². The molecule has 0 aliphatic heterocycles. The minimum absolute atomic E-state index is 0.421. The molecule has 4 heteroatoms. The van der Waals surface area contributed by atoms with Gasteiger partial charge in [-0.05, 0) is 52.7 Å². The molecule has 0 bridgehead atoms. The molecule has 0 saturated carbocycles. The van der Waals surface area contributed by atoms with Crippen molar-refractivity contribution >= 4 is 33.2 Å². The maximum atomic E-state index is 5.87. The maximum absolute atomic E-state index is 5.87. The van der Waals surface area contributed by atoms with Gasteiger partial charge in [-0.25, -0.2) is 0 Å². The van der Waals surface area contributed by atoms with E-state index in [4.69, 9.17) is 22.1 Å². The maximum Gasteiger partial charge on any atom is 0.134 e. The second kappa shape index (κ2) is 5.63. The van der Waals surface area contributed by atoms with Crippen LogP contribution in [0, 0.1) is 6.92 Å². The molecule has 2 aromatic carbocycles. The molecule has 0 saturated heterocycles. The van der Waals surface area contributed by atoms with Crippen molar-refractivity contribution in [2.24, 2.45) is 0 Å². The minimum Gasteiger partial charge on any atom is -0.488 e. The van der Waals surface area contributed by atoms with Crippen molar-refractivity contribution in [2.75, 3.05) is 5.73 Å². The molecule has 0 amide bonds. The van der Waals surface area contributed by atoms with Gasteiger partial charge in [-0.2, -0.15) is 0 Å². The fourth-order valence-corrected chi connectivity index (χ4v) is 2.36. The molecule has 18 heavy (non-hydrogen) atoms. The van der Waals surface area contributed by atoms with Crippen molar-refractivity contribution in [3.63, 3.8) is 0 Å². The van der Waals surface area contributed by atoms with E-state index < -0.39 is 0 Å². The summed E-state index contributed by atoms with van der Waals surface area (Å²) in [5, 5.41) is 0.632. The lowest BCUT2D eigenvalue weighted by Crippen LogP contribution is -2.00. The van der Waals surface area contributed by atoms with Gasteiger partial charge in [0.05, 0.1) is 4.47 Å². The average molecular weight is 327 g/mol. The van der Waals surface area contributed by atoms with E-state index in [1.54, 1.807) is 12.1 Å². The summed E-state index contributed by atoms with van der Waals surface area (Å²) in [5.41, 5.74) is 8.62. The quantitative estimate of drug-likeness (QED) is 0.838. The highest BCUT2D eigenvalue weighted by Gasteiger charge is 2.04. The second-order valence-electron chi connectivity index (χ2n) is 4.07. The highest BCUT2D eigenvalue weighted by atomic mass is 79.9. The first-order valence-electron chi connectivity index (χ1n) is 5.49. The van der Waals surface area contributed by atoms with E-state index in [2.05, 4.69) is 15.9 Å². The number of hydrogen-bond donors (Lipinski definition) is 1. The first-order valence-corrected chi connectivity index (χ1v) is 6.66. The van der Waals surface area contributed by atoms with Gasteiger partial charge in [-0.15, -0.1) is 0 Å². The summed E-state index contributed by atoms with van der Waals surface area (Å²) >= 11 is 9.32. The lowest BCUT2D eigenvalue weighted by molar-refractivity contribution is 0.305. The van der Waals surface area contributed by atoms with Crippen LogP contribution < -0.4 is 10.5 Å². The number of rotatable bonds is 3. The monoisotopic (exact) mass is 325 g/mol. The van der Waals surface area contributed by atoms with Gasteiger partial charge in [0.15, 0.2) is 0 Å². The van der Waals surface area contributed by atoms with E-state index >= 15 is 0 Å². The Morgan fingerprint density at radius 1 is 1.22 bits per heavy atom. The van der Waals surface area contributed by atoms with Crippen LogP contribution in [0.1, 0.15) is 11.1 Å². The van der Waals surface area contributed by atoms with Crippen LogP contribution in [-0.2, 0) is 6.61 Å². The van der Waals surface area contributed by atoms with Crippen LogP contribution in [0.5, 0.6) is 5.75 Å². The summed E-state index contributed by atoms with van der Waals surface area (Å²) in [5.74, 6) is 0.801. The molecular weight excluding hydrogens is 314 g/mol. The van der Waals surface area contributed by atoms with Gasteiger partial charge < -0.3 is 10.5 Å². The standard InChI is InChI=1S/C14H13BrClNO/c1-9-2-5-14(12(15)6-9)18-8-10-3-4-11(16)7-13(10)17/h2-7H,8,17H2,1H3. The summed E-state index contributed by atoms with van der Waals surface area (Å²) in [6.45, 7) is 2.45. The van der Waals surface area contributed by atoms with Crippen LogP contribution in [0.15, 0.2) is 40.9 Å². The third-order valence-corrected chi connectivity index (χ3v) is 3.43. The molecule has 0 heterocycles. The number of hydrogen-bond acceptors (Lipinski definition) is 2. The van der Waals surface area contributed by atoms with E-state index in [0.29, 0.717) is 17.3 Å². The zero-order valence-corrected chi connectivity index (χ0v) is 12.3. The van der Waals surface area contributed by atoms with E-state index in [0.717, 1.165) is 15.8 Å². The Morgan fingerprint density at radius 2 is 2.00 bits per heavy atom. The molecule has 0 aliphatic rings. The van der Waals surface area contributed by atoms with Gasteiger partial charge in [0, 0.05) is 16.3 Å². The average Bonchev–Trinajstić information content (AvgIpc) is 2.30. The third kappa shape index (κ3) is 3.18. The summed E-state index contributed by atoms with van der Waals surface area (Å²) in [4.78, 5) is 0. The van der Waals surface area contributed by atoms with Gasteiger partial charge >= 0.3 is 0 Å². The minimum atomic E-state index is 0.421. The molecule has 0 aromatic heterocycles. The Kier molecular flexibility index (Phi) is 4.15. The predicted octanol–water partition coefficient (Wildman–Crippen LogP) is 4.57. The number of nitrogens with two attached hydrogens (primary N) is 1. The number of halogens is 2. The first-order chi connectivity index (χ1) is 8.56. The summed E-state index contributed by atoms with van der Waals surface area (Å²) in [6.07, 6.45) is 0. The molecule has 2 N–H and O–H groups in total. The summed E-state index contributed by atoms with van der Waals surface area (Å²) < 4.78 is 6.67. The van der Waals surface area contributed by atoms with Crippen molar-refractivity contribution in [1.29, 1.82) is 0 Å². The van der Waals surface area contributed by atoms with Crippen LogP contribution in [0.4, 0.5) is 5.69 Å². The van der Waals surface area contributed by atoms with E-state index in [-0.39, 0.29) is 0 Å². The lowest BCUT2D eigenvalue weighted by Gasteiger charge is -2.10. The number of benzene rings is 2. The molecule has 0 fully saturated rings. The van der Waals surface area contributed by atoms with E-state index in [9.17, 15) is 0 Å². The molecule has 2 rings (SSSR count). The number of aryl methyl sites for hydroxylation is 1. The molecule has 2 nitrogen and oxygen atoms in total. The van der Waals surface area contributed by atoms with Crippen molar-refractivity contribution in [1.82, 2.24) is 0 Å². The van der Waals surface area contributed by atoms with Crippen molar-refractivity contribution in [3.8, 4) is 5.75 Å². The van der Waals surface area contributed by atoms with Gasteiger partial charge in [-0.3, -0.25) is 0 Å². The van der Waals surface area contributed by atoms with Crippen molar-refractivity contribution in [2.45, 2.75) is 13.5 Å². The van der Waals surface area contributed by atoms with Crippen LogP contribution >= 0.6 is 27.5 Å². The Labute approximate surface area is 120 Å². The Balaban J connectivity index is 2.11. The highest BCUT2D eigenvalue weighted by molar-refractivity contribution is 9.10. The number of ether oxygens (including phenoxy) is 1. The molecule has 2 aromatic rings. The molecule has 0 aliphatic carbocycles. The number of anilines is 1. The third-order valence-electron chi connectivity index (χ3n) is 2.58. The van der Waals surface area contributed by atoms with Gasteiger partial charge in [0.2, 0.25) is 0 Å². The molecule has 0 spiro atoms. The van der Waals surface area contributed by atoms with Crippen LogP contribution in [0.3, 0.4) is 0 Å². The molecule has 94 valence electrons. The van der Waals surface area contributed by atoms with Crippen LogP contribution in [0.25, 0.3) is 0 Å². The Morgan fingerprint density at radius 3 is 2.67 bits per heavy atom. The fourth-order valence-electron chi connectivity index (χ4n) is 1.58. The summed E-state index contributed by atoms with van der Waals surface area (Å²) in [6, 6.07) is 11.4. The van der Waals surface area contributed by atoms with Gasteiger partial charge in [0.1, 0.15) is 12.4 Å². The SMILES string of the molecule is Cc1ccc(OCc2ccc(Cl)cc2N)c(Br)c1. The molecular formula is C14H13BrClNO. The highest BCUT2D eigenvalue weighted by Crippen LogP contribution is 2.27. The number of nitrogen functional groups attached to an aromatic ring is 1. The normalized spacial score (nSPS) is 10.4. The topological polar surface area (TPSA) is 35.2 Å². The zero-order valence-electron chi connectivity index (χ0n) is 9.91.